The minimum absolute atomic E-state index is 0.0158. The maximum Gasteiger partial charge on any atom is 0.246 e. The normalized spacial score (nSPS) is 11.1. The van der Waals surface area contributed by atoms with E-state index in [2.05, 4.69) is 11.8 Å². The van der Waals surface area contributed by atoms with Crippen molar-refractivity contribution in [1.29, 1.82) is 0 Å². The van der Waals surface area contributed by atoms with Crippen LogP contribution in [0.1, 0.15) is 5.56 Å². The van der Waals surface area contributed by atoms with E-state index >= 15 is 0 Å². The van der Waals surface area contributed by atoms with Crippen LogP contribution in [-0.2, 0) is 10.0 Å². The minimum Gasteiger partial charge on any atom is -0.495 e. The first kappa shape index (κ1) is 16.5. The van der Waals surface area contributed by atoms with E-state index in [9.17, 15) is 8.42 Å². The van der Waals surface area contributed by atoms with Crippen molar-refractivity contribution in [2.24, 2.45) is 0 Å². The number of rotatable bonds is 5. The first-order chi connectivity index (χ1) is 9.47. The number of ether oxygens (including phenoxy) is 1. The summed E-state index contributed by atoms with van der Waals surface area (Å²) in [6, 6.07) is 4.48. The lowest BCUT2D eigenvalue weighted by molar-refractivity contribution is 0.266. The van der Waals surface area contributed by atoms with E-state index in [0.29, 0.717) is 5.56 Å². The maximum absolute atomic E-state index is 12.4. The number of benzene rings is 1. The Labute approximate surface area is 118 Å². The number of nitrogens with zero attached hydrogens (tertiary/aromatic N) is 1. The van der Waals surface area contributed by atoms with Crippen LogP contribution < -0.4 is 4.74 Å². The molecule has 0 aliphatic heterocycles. The summed E-state index contributed by atoms with van der Waals surface area (Å²) in [5, 5.41) is 17.5. The molecule has 7 heteroatoms. The standard InChI is InChI=1S/C13H17NO5S/c1-14(7-9-16)20(17,18)13-10-11(4-3-8-15)5-6-12(13)19-2/h5-6,10,15-16H,7-9H2,1-2H3. The lowest BCUT2D eigenvalue weighted by Crippen LogP contribution is -2.30. The molecule has 0 bridgehead atoms. The molecule has 2 N–H and O–H groups in total. The molecule has 0 spiro atoms. The van der Waals surface area contributed by atoms with Crippen LogP contribution in [0.3, 0.4) is 0 Å². The molecule has 1 aromatic carbocycles. The van der Waals surface area contributed by atoms with Gasteiger partial charge in [-0.05, 0) is 18.2 Å². The van der Waals surface area contributed by atoms with Crippen LogP contribution in [0, 0.1) is 11.8 Å². The van der Waals surface area contributed by atoms with E-state index in [4.69, 9.17) is 14.9 Å². The lowest BCUT2D eigenvalue weighted by atomic mass is 10.2. The molecular weight excluding hydrogens is 282 g/mol. The van der Waals surface area contributed by atoms with Gasteiger partial charge in [0.25, 0.3) is 0 Å². The average Bonchev–Trinajstić information content (AvgIpc) is 2.45. The van der Waals surface area contributed by atoms with Crippen molar-refractivity contribution in [2.45, 2.75) is 4.90 Å². The van der Waals surface area contributed by atoms with Gasteiger partial charge in [-0.25, -0.2) is 8.42 Å². The molecule has 0 atom stereocenters. The van der Waals surface area contributed by atoms with Gasteiger partial charge >= 0.3 is 0 Å². The van der Waals surface area contributed by atoms with Crippen LogP contribution >= 0.6 is 0 Å². The molecule has 0 fully saturated rings. The van der Waals surface area contributed by atoms with Crippen LogP contribution in [0.5, 0.6) is 5.75 Å². The Balaban J connectivity index is 3.33. The van der Waals surface area contributed by atoms with Gasteiger partial charge in [-0.2, -0.15) is 4.31 Å². The van der Waals surface area contributed by atoms with E-state index in [-0.39, 0.29) is 30.4 Å². The number of aliphatic hydroxyl groups excluding tert-OH is 2. The summed E-state index contributed by atoms with van der Waals surface area (Å²) in [5.74, 6) is 5.29. The topological polar surface area (TPSA) is 87.1 Å². The van der Waals surface area contributed by atoms with Crippen molar-refractivity contribution in [3.8, 4) is 17.6 Å². The first-order valence-electron chi connectivity index (χ1n) is 5.82. The third-order valence-electron chi connectivity index (χ3n) is 2.58. The molecule has 0 unspecified atom stereocenters. The van der Waals surface area contributed by atoms with Gasteiger partial charge in [-0.3, -0.25) is 0 Å². The second-order valence-corrected chi connectivity index (χ2v) is 5.89. The summed E-state index contributed by atoms with van der Waals surface area (Å²) < 4.78 is 30.8. The Hall–Kier alpha value is -1.59. The molecular formula is C13H17NO5S. The molecule has 0 aliphatic carbocycles. The second-order valence-electron chi connectivity index (χ2n) is 3.88. The predicted octanol–water partition coefficient (Wildman–Crippen LogP) is -0.348. The summed E-state index contributed by atoms with van der Waals surface area (Å²) in [7, 11) is -1.03. The van der Waals surface area contributed by atoms with Crippen molar-refractivity contribution >= 4 is 10.0 Å². The summed E-state index contributed by atoms with van der Waals surface area (Å²) in [6.07, 6.45) is 0. The lowest BCUT2D eigenvalue weighted by Gasteiger charge is -2.18. The van der Waals surface area contributed by atoms with Crippen LogP contribution in [0.15, 0.2) is 23.1 Å². The quantitative estimate of drug-likeness (QED) is 0.726. The van der Waals surface area contributed by atoms with Crippen LogP contribution in [0.2, 0.25) is 0 Å². The number of hydrogen-bond acceptors (Lipinski definition) is 5. The third-order valence-corrected chi connectivity index (χ3v) is 4.46. The zero-order chi connectivity index (χ0) is 15.2. The van der Waals surface area contributed by atoms with Crippen LogP contribution in [0.4, 0.5) is 0 Å². The summed E-state index contributed by atoms with van der Waals surface area (Å²) >= 11 is 0. The van der Waals surface area contributed by atoms with Gasteiger partial charge in [0.15, 0.2) is 0 Å². The second kappa shape index (κ2) is 7.26. The largest absolute Gasteiger partial charge is 0.495 e. The van der Waals surface area contributed by atoms with Gasteiger partial charge < -0.3 is 14.9 Å². The molecule has 110 valence electrons. The van der Waals surface area contributed by atoms with Gasteiger partial charge in [0.05, 0.1) is 13.7 Å². The van der Waals surface area contributed by atoms with E-state index in [0.717, 1.165) is 4.31 Å². The molecule has 0 radical (unpaired) electrons. The highest BCUT2D eigenvalue weighted by Gasteiger charge is 2.24. The van der Waals surface area contributed by atoms with Crippen molar-refractivity contribution < 1.29 is 23.4 Å². The summed E-state index contributed by atoms with van der Waals surface area (Å²) in [5.41, 5.74) is 0.454. The molecule has 0 heterocycles. The van der Waals surface area contributed by atoms with Crippen molar-refractivity contribution in [3.63, 3.8) is 0 Å². The highest BCUT2D eigenvalue weighted by molar-refractivity contribution is 7.89. The van der Waals surface area contributed by atoms with Gasteiger partial charge in [-0.15, -0.1) is 0 Å². The Morgan fingerprint density at radius 3 is 2.60 bits per heavy atom. The smallest absolute Gasteiger partial charge is 0.246 e. The highest BCUT2D eigenvalue weighted by Crippen LogP contribution is 2.27. The molecule has 0 saturated carbocycles. The van der Waals surface area contributed by atoms with E-state index in [1.165, 1.54) is 26.3 Å². The Morgan fingerprint density at radius 1 is 1.35 bits per heavy atom. The van der Waals surface area contributed by atoms with E-state index in [1.54, 1.807) is 6.07 Å². The fraction of sp³-hybridized carbons (Fsp3) is 0.385. The molecule has 0 aliphatic rings. The number of aliphatic hydroxyl groups is 2. The number of sulfonamides is 1. The zero-order valence-corrected chi connectivity index (χ0v) is 12.1. The van der Waals surface area contributed by atoms with Crippen LogP contribution in [-0.4, -0.2) is 56.9 Å². The fourth-order valence-corrected chi connectivity index (χ4v) is 2.87. The molecule has 1 rings (SSSR count). The molecule has 1 aromatic rings. The molecule has 20 heavy (non-hydrogen) atoms. The molecule has 0 saturated heterocycles. The molecule has 6 nitrogen and oxygen atoms in total. The number of methoxy groups -OCH3 is 1. The Morgan fingerprint density at radius 2 is 2.05 bits per heavy atom. The highest BCUT2D eigenvalue weighted by atomic mass is 32.2. The summed E-state index contributed by atoms with van der Waals surface area (Å²) in [6.45, 7) is -0.599. The monoisotopic (exact) mass is 299 g/mol. The predicted molar refractivity (Wildman–Crippen MR) is 73.9 cm³/mol. The SMILES string of the molecule is COc1ccc(C#CCO)cc1S(=O)(=O)N(C)CCO. The fourth-order valence-electron chi connectivity index (χ4n) is 1.53. The van der Waals surface area contributed by atoms with Gasteiger partial charge in [0.1, 0.15) is 17.3 Å². The van der Waals surface area contributed by atoms with Crippen molar-refractivity contribution in [2.75, 3.05) is 33.9 Å². The summed E-state index contributed by atoms with van der Waals surface area (Å²) in [4.78, 5) is -0.0271. The Kier molecular flexibility index (Phi) is 5.98. The van der Waals surface area contributed by atoms with Gasteiger partial charge in [-0.1, -0.05) is 11.8 Å². The van der Waals surface area contributed by atoms with Gasteiger partial charge in [0, 0.05) is 19.2 Å². The minimum atomic E-state index is -3.77. The average molecular weight is 299 g/mol. The zero-order valence-electron chi connectivity index (χ0n) is 11.3. The van der Waals surface area contributed by atoms with E-state index in [1.807, 2.05) is 0 Å². The first-order valence-corrected chi connectivity index (χ1v) is 7.26. The number of likely N-dealkylation sites (N-methyl/N-ethyl adjacent to an activating group) is 1. The van der Waals surface area contributed by atoms with Crippen molar-refractivity contribution in [1.82, 2.24) is 4.31 Å². The van der Waals surface area contributed by atoms with E-state index < -0.39 is 10.0 Å². The molecule has 0 aromatic heterocycles. The van der Waals surface area contributed by atoms with Crippen LogP contribution in [0.25, 0.3) is 0 Å². The maximum atomic E-state index is 12.4. The van der Waals surface area contributed by atoms with Gasteiger partial charge in [0.2, 0.25) is 10.0 Å². The molecule has 0 amide bonds. The number of hydrogen-bond donors (Lipinski definition) is 2. The Bertz CT molecular complexity index is 615. The third kappa shape index (κ3) is 3.71. The van der Waals surface area contributed by atoms with Crippen molar-refractivity contribution in [3.05, 3.63) is 23.8 Å².